The molecule has 4 aliphatic carbocycles. The van der Waals surface area contributed by atoms with E-state index in [0.29, 0.717) is 31.2 Å². The molecule has 0 amide bonds. The third kappa shape index (κ3) is 3.74. The molecule has 5 rings (SSSR count). The zero-order valence-electron chi connectivity index (χ0n) is 13.4. The highest BCUT2D eigenvalue weighted by Gasteiger charge is 2.58. The van der Waals surface area contributed by atoms with Gasteiger partial charge in [-0.05, 0) is 55.8 Å². The quantitative estimate of drug-likeness (QED) is 0.409. The van der Waals surface area contributed by atoms with E-state index in [0.717, 1.165) is 25.9 Å². The number of hydrogen-bond acceptors (Lipinski definition) is 5. The monoisotopic (exact) mass is 346 g/mol. The Morgan fingerprint density at radius 1 is 1.17 bits per heavy atom. The van der Waals surface area contributed by atoms with Crippen molar-refractivity contribution in [1.82, 2.24) is 0 Å². The molecule has 1 saturated heterocycles. The minimum absolute atomic E-state index is 0.0115. The molecule has 5 fully saturated rings. The van der Waals surface area contributed by atoms with Crippen molar-refractivity contribution in [3.8, 4) is 0 Å². The lowest BCUT2D eigenvalue weighted by Gasteiger charge is -2.61. The van der Waals surface area contributed by atoms with Crippen molar-refractivity contribution in [2.45, 2.75) is 50.2 Å². The van der Waals surface area contributed by atoms with Gasteiger partial charge >= 0.3 is 0 Å². The first-order chi connectivity index (χ1) is 10.9. The van der Waals surface area contributed by atoms with Gasteiger partial charge in [-0.3, -0.25) is 4.55 Å². The normalized spacial score (nSPS) is 44.7. The zero-order valence-corrected chi connectivity index (χ0v) is 14.2. The molecule has 0 spiro atoms. The van der Waals surface area contributed by atoms with E-state index in [1.807, 2.05) is 0 Å². The van der Waals surface area contributed by atoms with Crippen LogP contribution in [0.4, 0.5) is 0 Å². The van der Waals surface area contributed by atoms with Gasteiger partial charge in [-0.25, -0.2) is 0 Å². The predicted octanol–water partition coefficient (Wildman–Crippen LogP) is 1.65. The van der Waals surface area contributed by atoms with Gasteiger partial charge in [0.1, 0.15) is 6.10 Å². The Morgan fingerprint density at radius 2 is 1.87 bits per heavy atom. The first kappa shape index (κ1) is 16.3. The fourth-order valence-corrected chi connectivity index (χ4v) is 5.92. The maximum atomic E-state index is 10.8. The van der Waals surface area contributed by atoms with Crippen LogP contribution < -0.4 is 0 Å². The number of epoxide rings is 1. The Hall–Kier alpha value is -0.210. The molecule has 1 aliphatic heterocycles. The number of rotatable bonds is 8. The van der Waals surface area contributed by atoms with Gasteiger partial charge in [0, 0.05) is 0 Å². The molecule has 0 aromatic rings. The van der Waals surface area contributed by atoms with Crippen molar-refractivity contribution in [1.29, 1.82) is 0 Å². The van der Waals surface area contributed by atoms with Crippen LogP contribution in [0.25, 0.3) is 0 Å². The molecule has 23 heavy (non-hydrogen) atoms. The molecular formula is C16H26O6S. The number of ether oxygens (including phenoxy) is 3. The fourth-order valence-electron chi connectivity index (χ4n) is 5.59. The van der Waals surface area contributed by atoms with Crippen molar-refractivity contribution >= 4 is 10.1 Å². The van der Waals surface area contributed by atoms with Gasteiger partial charge in [0.25, 0.3) is 10.1 Å². The van der Waals surface area contributed by atoms with Crippen LogP contribution in [0, 0.1) is 17.3 Å². The molecule has 4 saturated carbocycles. The van der Waals surface area contributed by atoms with Crippen LogP contribution in [0.15, 0.2) is 0 Å². The van der Waals surface area contributed by atoms with Crippen LogP contribution in [0.3, 0.4) is 0 Å². The molecule has 3 atom stereocenters. The molecule has 0 radical (unpaired) electrons. The van der Waals surface area contributed by atoms with Gasteiger partial charge < -0.3 is 14.2 Å². The lowest BCUT2D eigenvalue weighted by atomic mass is 9.48. The minimum Gasteiger partial charge on any atom is -0.380 e. The smallest absolute Gasteiger partial charge is 0.267 e. The highest BCUT2D eigenvalue weighted by Crippen LogP contribution is 2.62. The lowest BCUT2D eigenvalue weighted by Crippen LogP contribution is -2.58. The Morgan fingerprint density at radius 3 is 2.48 bits per heavy atom. The second-order valence-electron chi connectivity index (χ2n) is 8.25. The van der Waals surface area contributed by atoms with Gasteiger partial charge in [-0.15, -0.1) is 0 Å². The lowest BCUT2D eigenvalue weighted by molar-refractivity contribution is -0.206. The molecular weight excluding hydrogens is 320 g/mol. The molecule has 4 bridgehead atoms. The van der Waals surface area contributed by atoms with Crippen molar-refractivity contribution < 1.29 is 27.2 Å². The van der Waals surface area contributed by atoms with Crippen LogP contribution in [0.2, 0.25) is 0 Å². The zero-order chi connectivity index (χ0) is 16.1. The van der Waals surface area contributed by atoms with Crippen LogP contribution >= 0.6 is 0 Å². The largest absolute Gasteiger partial charge is 0.380 e. The second kappa shape index (κ2) is 5.66. The third-order valence-corrected chi connectivity index (χ3v) is 6.68. The van der Waals surface area contributed by atoms with E-state index in [-0.39, 0.29) is 23.4 Å². The van der Waals surface area contributed by atoms with Crippen molar-refractivity contribution in [2.75, 3.05) is 32.2 Å². The van der Waals surface area contributed by atoms with Crippen molar-refractivity contribution in [3.05, 3.63) is 0 Å². The van der Waals surface area contributed by atoms with E-state index in [1.165, 1.54) is 19.3 Å². The van der Waals surface area contributed by atoms with E-state index < -0.39 is 10.1 Å². The molecule has 132 valence electrons. The SMILES string of the molecule is O=S(=O)(O)CCOCC12CC3CC(C1)CC(OCC1CO1)(C3)C2. The Labute approximate surface area is 137 Å². The highest BCUT2D eigenvalue weighted by molar-refractivity contribution is 7.85. The molecule has 5 aliphatic rings. The summed E-state index contributed by atoms with van der Waals surface area (Å²) in [5, 5.41) is 0. The van der Waals surface area contributed by atoms with Crippen LogP contribution in [0.1, 0.15) is 38.5 Å². The van der Waals surface area contributed by atoms with Crippen LogP contribution in [-0.4, -0.2) is 56.9 Å². The summed E-state index contributed by atoms with van der Waals surface area (Å²) in [5.41, 5.74) is 0.121. The van der Waals surface area contributed by atoms with Gasteiger partial charge in [-0.1, -0.05) is 0 Å². The highest BCUT2D eigenvalue weighted by atomic mass is 32.2. The minimum atomic E-state index is -3.94. The summed E-state index contributed by atoms with van der Waals surface area (Å²) in [7, 11) is -3.94. The molecule has 6 nitrogen and oxygen atoms in total. The van der Waals surface area contributed by atoms with Gasteiger partial charge in [0.15, 0.2) is 0 Å². The molecule has 0 aromatic heterocycles. The summed E-state index contributed by atoms with van der Waals surface area (Å²) in [4.78, 5) is 0. The molecule has 1 heterocycles. The first-order valence-corrected chi connectivity index (χ1v) is 10.2. The summed E-state index contributed by atoms with van der Waals surface area (Å²) in [6, 6.07) is 0. The summed E-state index contributed by atoms with van der Waals surface area (Å²) < 4.78 is 47.7. The van der Waals surface area contributed by atoms with Crippen LogP contribution in [-0.2, 0) is 24.3 Å². The second-order valence-corrected chi connectivity index (χ2v) is 9.82. The predicted molar refractivity (Wildman–Crippen MR) is 82.8 cm³/mol. The summed E-state index contributed by atoms with van der Waals surface area (Å²) in [6.45, 7) is 2.19. The van der Waals surface area contributed by atoms with Crippen molar-refractivity contribution in [2.24, 2.45) is 17.3 Å². The summed E-state index contributed by atoms with van der Waals surface area (Å²) in [6.07, 6.45) is 7.26. The Kier molecular flexibility index (Phi) is 4.00. The summed E-state index contributed by atoms with van der Waals surface area (Å²) in [5.74, 6) is 1.10. The van der Waals surface area contributed by atoms with E-state index in [1.54, 1.807) is 0 Å². The molecule has 0 aromatic carbocycles. The van der Waals surface area contributed by atoms with Gasteiger partial charge in [0.2, 0.25) is 0 Å². The maximum Gasteiger partial charge on any atom is 0.267 e. The van der Waals surface area contributed by atoms with E-state index in [9.17, 15) is 8.42 Å². The van der Waals surface area contributed by atoms with E-state index >= 15 is 0 Å². The average molecular weight is 346 g/mol. The van der Waals surface area contributed by atoms with Gasteiger partial charge in [-0.2, -0.15) is 8.42 Å². The fraction of sp³-hybridized carbons (Fsp3) is 1.00. The first-order valence-electron chi connectivity index (χ1n) is 8.64. The molecule has 3 unspecified atom stereocenters. The van der Waals surface area contributed by atoms with E-state index in [2.05, 4.69) is 0 Å². The average Bonchev–Trinajstić information content (AvgIpc) is 3.23. The van der Waals surface area contributed by atoms with Gasteiger partial charge in [0.05, 0.1) is 37.8 Å². The molecule has 1 N–H and O–H groups in total. The Balaban J connectivity index is 1.38. The third-order valence-electron chi connectivity index (χ3n) is 6.00. The van der Waals surface area contributed by atoms with Crippen LogP contribution in [0.5, 0.6) is 0 Å². The Bertz CT molecular complexity index is 541. The van der Waals surface area contributed by atoms with Crippen molar-refractivity contribution in [3.63, 3.8) is 0 Å². The topological polar surface area (TPSA) is 85.4 Å². The standard InChI is InChI=1S/C16H26O6S/c17-23(18,19)2-1-20-11-15-4-12-3-13(5-15)7-16(6-12,10-15)22-9-14-8-21-14/h12-14H,1-11H2,(H,17,18,19). The summed E-state index contributed by atoms with van der Waals surface area (Å²) >= 11 is 0. The number of hydrogen-bond donors (Lipinski definition) is 1. The van der Waals surface area contributed by atoms with E-state index in [4.69, 9.17) is 18.8 Å². The maximum absolute atomic E-state index is 10.8. The molecule has 7 heteroatoms.